The van der Waals surface area contributed by atoms with Crippen LogP contribution in [0.1, 0.15) is 55.8 Å². The fourth-order valence-corrected chi connectivity index (χ4v) is 2.48. The van der Waals surface area contributed by atoms with Crippen LogP contribution < -0.4 is 0 Å². The Morgan fingerprint density at radius 1 is 1.58 bits per heavy atom. The Balaban J connectivity index is 2.21. The number of carbonyl (C=O) groups excluding carboxylic acids is 1. The van der Waals surface area contributed by atoms with Gasteiger partial charge in [0.2, 0.25) is 0 Å². The van der Waals surface area contributed by atoms with Crippen molar-refractivity contribution in [2.24, 2.45) is 5.92 Å². The van der Waals surface area contributed by atoms with Crippen LogP contribution in [0.25, 0.3) is 0 Å². The minimum Gasteiger partial charge on any atom is -0.337 e. The Hall–Kier alpha value is -1.16. The number of aromatic nitrogens is 2. The van der Waals surface area contributed by atoms with E-state index in [2.05, 4.69) is 16.9 Å². The average Bonchev–Trinajstić information content (AvgIpc) is 2.87. The molecule has 0 saturated carbocycles. The molecule has 2 heterocycles. The molecule has 1 saturated heterocycles. The Morgan fingerprint density at radius 3 is 2.89 bits per heavy atom. The predicted octanol–water partition coefficient (Wildman–Crippen LogP) is 3.13. The van der Waals surface area contributed by atoms with Crippen molar-refractivity contribution < 1.29 is 4.79 Å². The first-order valence-electron chi connectivity index (χ1n) is 6.84. The minimum absolute atomic E-state index is 0.0646. The molecule has 1 atom stereocenters. The number of nitrogens with zero attached hydrogens (tertiary/aromatic N) is 3. The predicted molar refractivity (Wildman–Crippen MR) is 75.4 cm³/mol. The highest BCUT2D eigenvalue weighted by molar-refractivity contribution is 6.33. The van der Waals surface area contributed by atoms with Crippen molar-refractivity contribution >= 4 is 17.5 Å². The highest BCUT2D eigenvalue weighted by Gasteiger charge is 2.28. The number of hydrogen-bond acceptors (Lipinski definition) is 3. The summed E-state index contributed by atoms with van der Waals surface area (Å²) in [5.74, 6) is 1.39. The van der Waals surface area contributed by atoms with Gasteiger partial charge < -0.3 is 4.90 Å². The largest absolute Gasteiger partial charge is 0.337 e. The quantitative estimate of drug-likeness (QED) is 0.855. The highest BCUT2D eigenvalue weighted by Crippen LogP contribution is 2.23. The van der Waals surface area contributed by atoms with E-state index in [0.29, 0.717) is 22.5 Å². The SMILES string of the molecule is CCC1CCN(C(=O)c2nc(C(C)C)ncc2Cl)C1. The molecule has 0 bridgehead atoms. The molecule has 1 aromatic rings. The molecule has 104 valence electrons. The van der Waals surface area contributed by atoms with E-state index >= 15 is 0 Å². The summed E-state index contributed by atoms with van der Waals surface area (Å²) in [4.78, 5) is 22.8. The summed E-state index contributed by atoms with van der Waals surface area (Å²) in [6, 6.07) is 0. The molecular weight excluding hydrogens is 262 g/mol. The minimum atomic E-state index is -0.0646. The van der Waals surface area contributed by atoms with Gasteiger partial charge >= 0.3 is 0 Å². The van der Waals surface area contributed by atoms with Crippen LogP contribution in [-0.4, -0.2) is 33.9 Å². The standard InChI is InChI=1S/C14H20ClN3O/c1-4-10-5-6-18(8-10)14(19)12-11(15)7-16-13(17-12)9(2)3/h7,9-10H,4-6,8H2,1-3H3. The fourth-order valence-electron chi connectivity index (χ4n) is 2.31. The zero-order valence-electron chi connectivity index (χ0n) is 11.7. The van der Waals surface area contributed by atoms with Crippen LogP contribution in [-0.2, 0) is 0 Å². The van der Waals surface area contributed by atoms with Crippen molar-refractivity contribution in [3.05, 3.63) is 22.7 Å². The second kappa shape index (κ2) is 5.87. The van der Waals surface area contributed by atoms with Crippen LogP contribution in [0.15, 0.2) is 6.20 Å². The second-order valence-electron chi connectivity index (χ2n) is 5.39. The lowest BCUT2D eigenvalue weighted by atomic mass is 10.1. The molecule has 0 radical (unpaired) electrons. The molecule has 0 aromatic carbocycles. The van der Waals surface area contributed by atoms with Gasteiger partial charge in [0.05, 0.1) is 11.2 Å². The Morgan fingerprint density at radius 2 is 2.32 bits per heavy atom. The lowest BCUT2D eigenvalue weighted by Gasteiger charge is -2.17. The number of halogens is 1. The zero-order chi connectivity index (χ0) is 14.0. The van der Waals surface area contributed by atoms with E-state index in [4.69, 9.17) is 11.6 Å². The van der Waals surface area contributed by atoms with Gasteiger partial charge in [-0.2, -0.15) is 0 Å². The van der Waals surface area contributed by atoms with Gasteiger partial charge in [-0.15, -0.1) is 0 Å². The number of rotatable bonds is 3. The van der Waals surface area contributed by atoms with E-state index in [9.17, 15) is 4.79 Å². The smallest absolute Gasteiger partial charge is 0.274 e. The second-order valence-corrected chi connectivity index (χ2v) is 5.80. The summed E-state index contributed by atoms with van der Waals surface area (Å²) in [5, 5.41) is 0.342. The lowest BCUT2D eigenvalue weighted by Crippen LogP contribution is -2.30. The molecule has 0 N–H and O–H groups in total. The third-order valence-corrected chi connectivity index (χ3v) is 3.91. The first-order chi connectivity index (χ1) is 9.02. The maximum absolute atomic E-state index is 12.5. The van der Waals surface area contributed by atoms with Gasteiger partial charge in [-0.05, 0) is 12.3 Å². The van der Waals surface area contributed by atoms with Crippen LogP contribution in [0, 0.1) is 5.92 Å². The van der Waals surface area contributed by atoms with E-state index in [1.807, 2.05) is 18.7 Å². The van der Waals surface area contributed by atoms with Gasteiger partial charge in [0.1, 0.15) is 5.82 Å². The summed E-state index contributed by atoms with van der Waals surface area (Å²) in [6.45, 7) is 7.77. The molecule has 1 unspecified atom stereocenters. The van der Waals surface area contributed by atoms with Gasteiger partial charge in [0, 0.05) is 19.0 Å². The van der Waals surface area contributed by atoms with Crippen LogP contribution in [0.4, 0.5) is 0 Å². The fraction of sp³-hybridized carbons (Fsp3) is 0.643. The van der Waals surface area contributed by atoms with Crippen molar-refractivity contribution in [3.8, 4) is 0 Å². The van der Waals surface area contributed by atoms with Crippen molar-refractivity contribution in [1.29, 1.82) is 0 Å². The first kappa shape index (κ1) is 14.3. The topological polar surface area (TPSA) is 46.1 Å². The van der Waals surface area contributed by atoms with Gasteiger partial charge in [0.15, 0.2) is 5.69 Å². The van der Waals surface area contributed by atoms with Crippen molar-refractivity contribution in [3.63, 3.8) is 0 Å². The Kier molecular flexibility index (Phi) is 4.40. The number of amides is 1. The van der Waals surface area contributed by atoms with Crippen LogP contribution >= 0.6 is 11.6 Å². The van der Waals surface area contributed by atoms with Crippen molar-refractivity contribution in [2.75, 3.05) is 13.1 Å². The molecule has 1 aromatic heterocycles. The van der Waals surface area contributed by atoms with Gasteiger partial charge in [-0.1, -0.05) is 38.8 Å². The van der Waals surface area contributed by atoms with E-state index in [0.717, 1.165) is 25.9 Å². The highest BCUT2D eigenvalue weighted by atomic mass is 35.5. The number of carbonyl (C=O) groups is 1. The summed E-state index contributed by atoms with van der Waals surface area (Å²) < 4.78 is 0. The van der Waals surface area contributed by atoms with Crippen LogP contribution in [0.3, 0.4) is 0 Å². The monoisotopic (exact) mass is 281 g/mol. The van der Waals surface area contributed by atoms with E-state index in [-0.39, 0.29) is 11.8 Å². The molecule has 19 heavy (non-hydrogen) atoms. The third kappa shape index (κ3) is 3.06. The van der Waals surface area contributed by atoms with Crippen LogP contribution in [0.2, 0.25) is 5.02 Å². The Labute approximate surface area is 119 Å². The maximum atomic E-state index is 12.5. The number of likely N-dealkylation sites (tertiary alicyclic amines) is 1. The summed E-state index contributed by atoms with van der Waals surface area (Å²) in [6.07, 6.45) is 3.71. The van der Waals surface area contributed by atoms with Gasteiger partial charge in [0.25, 0.3) is 5.91 Å². The molecule has 1 aliphatic rings. The van der Waals surface area contributed by atoms with Crippen molar-refractivity contribution in [1.82, 2.24) is 14.9 Å². The summed E-state index contributed by atoms with van der Waals surface area (Å²) >= 11 is 6.07. The molecule has 1 aliphatic heterocycles. The number of hydrogen-bond donors (Lipinski definition) is 0. The molecule has 0 spiro atoms. The normalized spacial score (nSPS) is 19.2. The summed E-state index contributed by atoms with van der Waals surface area (Å²) in [7, 11) is 0. The van der Waals surface area contributed by atoms with Gasteiger partial charge in [-0.25, -0.2) is 9.97 Å². The zero-order valence-corrected chi connectivity index (χ0v) is 12.4. The van der Waals surface area contributed by atoms with E-state index in [1.165, 1.54) is 6.20 Å². The summed E-state index contributed by atoms with van der Waals surface area (Å²) in [5.41, 5.74) is 0.345. The lowest BCUT2D eigenvalue weighted by molar-refractivity contribution is 0.0780. The maximum Gasteiger partial charge on any atom is 0.274 e. The first-order valence-corrected chi connectivity index (χ1v) is 7.22. The van der Waals surface area contributed by atoms with E-state index < -0.39 is 0 Å². The Bertz CT molecular complexity index is 476. The molecule has 4 nitrogen and oxygen atoms in total. The molecule has 1 fully saturated rings. The van der Waals surface area contributed by atoms with Gasteiger partial charge in [-0.3, -0.25) is 4.79 Å². The van der Waals surface area contributed by atoms with E-state index in [1.54, 1.807) is 0 Å². The molecule has 1 amide bonds. The average molecular weight is 282 g/mol. The molecule has 0 aliphatic carbocycles. The molecule has 5 heteroatoms. The third-order valence-electron chi connectivity index (χ3n) is 3.63. The molecular formula is C14H20ClN3O. The van der Waals surface area contributed by atoms with Crippen molar-refractivity contribution in [2.45, 2.75) is 39.5 Å². The van der Waals surface area contributed by atoms with Crippen LogP contribution in [0.5, 0.6) is 0 Å². The molecule has 2 rings (SSSR count).